The van der Waals surface area contributed by atoms with E-state index >= 15 is 0 Å². The fourth-order valence-corrected chi connectivity index (χ4v) is 1.95. The van der Waals surface area contributed by atoms with E-state index in [-0.39, 0.29) is 6.03 Å². The summed E-state index contributed by atoms with van der Waals surface area (Å²) in [6.45, 7) is 6.79. The standard InChI is InChI=1S/C10H20N2O/c1-6(2)7(3)8-4-9(5-8)12-10(11)13/h6-9H,4-5H2,1-3H3,(H3,11,12,13)/t7?,8-,9-. The molecule has 1 atom stereocenters. The van der Waals surface area contributed by atoms with Gasteiger partial charge in [0, 0.05) is 6.04 Å². The van der Waals surface area contributed by atoms with Gasteiger partial charge in [-0.25, -0.2) is 4.79 Å². The highest BCUT2D eigenvalue weighted by Gasteiger charge is 2.34. The summed E-state index contributed by atoms with van der Waals surface area (Å²) in [5.41, 5.74) is 5.03. The van der Waals surface area contributed by atoms with Crippen LogP contribution in [0.2, 0.25) is 0 Å². The highest BCUT2D eigenvalue weighted by molar-refractivity contribution is 5.72. The number of carbonyl (C=O) groups is 1. The van der Waals surface area contributed by atoms with Crippen LogP contribution >= 0.6 is 0 Å². The van der Waals surface area contributed by atoms with E-state index in [2.05, 4.69) is 26.1 Å². The maximum absolute atomic E-state index is 10.5. The number of nitrogens with two attached hydrogens (primary N) is 1. The lowest BCUT2D eigenvalue weighted by Crippen LogP contribution is -2.48. The van der Waals surface area contributed by atoms with Crippen molar-refractivity contribution in [3.8, 4) is 0 Å². The number of hydrogen-bond donors (Lipinski definition) is 2. The molecule has 0 heterocycles. The van der Waals surface area contributed by atoms with Gasteiger partial charge in [0.25, 0.3) is 0 Å². The first-order valence-corrected chi connectivity index (χ1v) is 5.06. The van der Waals surface area contributed by atoms with E-state index in [0.717, 1.165) is 30.6 Å². The molecule has 1 unspecified atom stereocenters. The summed E-state index contributed by atoms with van der Waals surface area (Å²) in [6.07, 6.45) is 2.20. The van der Waals surface area contributed by atoms with Crippen LogP contribution in [0.5, 0.6) is 0 Å². The van der Waals surface area contributed by atoms with Gasteiger partial charge >= 0.3 is 6.03 Å². The molecular formula is C10H20N2O. The van der Waals surface area contributed by atoms with Crippen LogP contribution in [-0.2, 0) is 0 Å². The smallest absolute Gasteiger partial charge is 0.312 e. The predicted molar refractivity (Wildman–Crippen MR) is 53.2 cm³/mol. The molecule has 1 saturated carbocycles. The van der Waals surface area contributed by atoms with Gasteiger partial charge in [-0.2, -0.15) is 0 Å². The summed E-state index contributed by atoms with van der Waals surface area (Å²) < 4.78 is 0. The molecule has 0 aliphatic heterocycles. The molecule has 0 bridgehead atoms. The molecule has 3 N–H and O–H groups in total. The maximum Gasteiger partial charge on any atom is 0.312 e. The molecular weight excluding hydrogens is 164 g/mol. The normalized spacial score (nSPS) is 29.5. The van der Waals surface area contributed by atoms with Crippen molar-refractivity contribution in [3.05, 3.63) is 0 Å². The van der Waals surface area contributed by atoms with Gasteiger partial charge in [-0.3, -0.25) is 0 Å². The second-order valence-corrected chi connectivity index (χ2v) is 4.54. The van der Waals surface area contributed by atoms with Gasteiger partial charge in [0.1, 0.15) is 0 Å². The van der Waals surface area contributed by atoms with E-state index in [1.165, 1.54) is 0 Å². The van der Waals surface area contributed by atoms with Gasteiger partial charge in [-0.05, 0) is 30.6 Å². The van der Waals surface area contributed by atoms with E-state index in [1.54, 1.807) is 0 Å². The van der Waals surface area contributed by atoms with E-state index in [4.69, 9.17) is 5.73 Å². The van der Waals surface area contributed by atoms with Gasteiger partial charge in [0.2, 0.25) is 0 Å². The Morgan fingerprint density at radius 2 is 1.92 bits per heavy atom. The predicted octanol–water partition coefficient (Wildman–Crippen LogP) is 1.73. The Labute approximate surface area is 80.1 Å². The Bertz CT molecular complexity index is 185. The third kappa shape index (κ3) is 2.61. The molecule has 3 nitrogen and oxygen atoms in total. The zero-order valence-electron chi connectivity index (χ0n) is 8.71. The van der Waals surface area contributed by atoms with Gasteiger partial charge in [-0.1, -0.05) is 20.8 Å². The van der Waals surface area contributed by atoms with Crippen LogP contribution in [0.25, 0.3) is 0 Å². The topological polar surface area (TPSA) is 55.1 Å². The number of nitrogens with one attached hydrogen (secondary N) is 1. The van der Waals surface area contributed by atoms with E-state index < -0.39 is 0 Å². The van der Waals surface area contributed by atoms with Crippen molar-refractivity contribution in [2.75, 3.05) is 0 Å². The number of hydrogen-bond acceptors (Lipinski definition) is 1. The minimum atomic E-state index is -0.388. The third-order valence-electron chi connectivity index (χ3n) is 3.32. The minimum Gasteiger partial charge on any atom is -0.352 e. The summed E-state index contributed by atoms with van der Waals surface area (Å²) in [5.74, 6) is 2.27. The van der Waals surface area contributed by atoms with Crippen LogP contribution in [0.15, 0.2) is 0 Å². The number of carbonyl (C=O) groups excluding carboxylic acids is 1. The van der Waals surface area contributed by atoms with Crippen LogP contribution in [0.3, 0.4) is 0 Å². The van der Waals surface area contributed by atoms with Crippen LogP contribution in [0, 0.1) is 17.8 Å². The summed E-state index contributed by atoms with van der Waals surface area (Å²) in [4.78, 5) is 10.5. The Morgan fingerprint density at radius 1 is 1.38 bits per heavy atom. The molecule has 76 valence electrons. The van der Waals surface area contributed by atoms with Crippen molar-refractivity contribution in [2.45, 2.75) is 39.7 Å². The van der Waals surface area contributed by atoms with E-state index in [1.807, 2.05) is 0 Å². The zero-order valence-corrected chi connectivity index (χ0v) is 8.71. The van der Waals surface area contributed by atoms with Crippen molar-refractivity contribution >= 4 is 6.03 Å². The molecule has 3 heteroatoms. The fourth-order valence-electron chi connectivity index (χ4n) is 1.95. The Hall–Kier alpha value is -0.730. The van der Waals surface area contributed by atoms with E-state index in [0.29, 0.717) is 6.04 Å². The zero-order chi connectivity index (χ0) is 10.0. The second kappa shape index (κ2) is 3.99. The molecule has 0 saturated heterocycles. The van der Waals surface area contributed by atoms with Crippen molar-refractivity contribution in [1.29, 1.82) is 0 Å². The van der Waals surface area contributed by atoms with Crippen LogP contribution < -0.4 is 11.1 Å². The molecule has 1 rings (SSSR count). The quantitative estimate of drug-likeness (QED) is 0.689. The number of urea groups is 1. The van der Waals surface area contributed by atoms with Gasteiger partial charge in [-0.15, -0.1) is 0 Å². The molecule has 0 aromatic heterocycles. The average Bonchev–Trinajstić information content (AvgIpc) is 1.94. The molecule has 0 radical (unpaired) electrons. The first kappa shape index (κ1) is 10.4. The molecule has 0 spiro atoms. The molecule has 1 fully saturated rings. The Kier molecular flexibility index (Phi) is 3.17. The maximum atomic E-state index is 10.5. The highest BCUT2D eigenvalue weighted by Crippen LogP contribution is 2.37. The summed E-state index contributed by atoms with van der Waals surface area (Å²) in [6, 6.07) is -0.0515. The SMILES string of the molecule is CC(C)C(C)[C@H]1C[C@H](NC(N)=O)C1. The number of primary amides is 1. The molecule has 2 amide bonds. The molecule has 13 heavy (non-hydrogen) atoms. The van der Waals surface area contributed by atoms with Crippen LogP contribution in [0.1, 0.15) is 33.6 Å². The molecule has 0 aromatic rings. The lowest BCUT2D eigenvalue weighted by atomic mass is 9.69. The van der Waals surface area contributed by atoms with Crippen molar-refractivity contribution < 1.29 is 4.79 Å². The summed E-state index contributed by atoms with van der Waals surface area (Å²) in [5, 5.41) is 2.74. The second-order valence-electron chi connectivity index (χ2n) is 4.54. The van der Waals surface area contributed by atoms with Gasteiger partial charge in [0.05, 0.1) is 0 Å². The molecule has 0 aromatic carbocycles. The minimum absolute atomic E-state index is 0.337. The van der Waals surface area contributed by atoms with Crippen molar-refractivity contribution in [2.24, 2.45) is 23.5 Å². The van der Waals surface area contributed by atoms with Crippen molar-refractivity contribution in [3.63, 3.8) is 0 Å². The molecule has 1 aliphatic carbocycles. The van der Waals surface area contributed by atoms with Crippen molar-refractivity contribution in [1.82, 2.24) is 5.32 Å². The van der Waals surface area contributed by atoms with Crippen LogP contribution in [0.4, 0.5) is 4.79 Å². The fraction of sp³-hybridized carbons (Fsp3) is 0.900. The third-order valence-corrected chi connectivity index (χ3v) is 3.32. The van der Waals surface area contributed by atoms with Gasteiger partial charge in [0.15, 0.2) is 0 Å². The Morgan fingerprint density at radius 3 is 2.31 bits per heavy atom. The number of rotatable bonds is 3. The summed E-state index contributed by atoms with van der Waals surface area (Å²) >= 11 is 0. The number of amides is 2. The van der Waals surface area contributed by atoms with Crippen LogP contribution in [-0.4, -0.2) is 12.1 Å². The molecule has 1 aliphatic rings. The summed E-state index contributed by atoms with van der Waals surface area (Å²) in [7, 11) is 0. The first-order chi connectivity index (χ1) is 6.00. The van der Waals surface area contributed by atoms with E-state index in [9.17, 15) is 4.79 Å². The first-order valence-electron chi connectivity index (χ1n) is 5.06. The van der Waals surface area contributed by atoms with Gasteiger partial charge < -0.3 is 11.1 Å². The highest BCUT2D eigenvalue weighted by atomic mass is 16.2. The largest absolute Gasteiger partial charge is 0.352 e. The lowest BCUT2D eigenvalue weighted by Gasteiger charge is -2.40. The average molecular weight is 184 g/mol. The Balaban J connectivity index is 2.21. The monoisotopic (exact) mass is 184 g/mol. The lowest BCUT2D eigenvalue weighted by molar-refractivity contribution is 0.133.